The van der Waals surface area contributed by atoms with E-state index in [2.05, 4.69) is 392 Å². The highest BCUT2D eigenvalue weighted by molar-refractivity contribution is 6.00. The van der Waals surface area contributed by atoms with E-state index >= 15 is 0 Å². The zero-order valence-electron chi connectivity index (χ0n) is 59.2. The molecule has 4 nitrogen and oxygen atoms in total. The molecule has 506 valence electrons. The first-order chi connectivity index (χ1) is 53.5. The van der Waals surface area contributed by atoms with Gasteiger partial charge in [-0.15, -0.1) is 0 Å². The second kappa shape index (κ2) is 29.8. The van der Waals surface area contributed by atoms with Crippen LogP contribution in [0, 0.1) is 0 Å². The molecule has 0 amide bonds. The average molecular weight is 1380 g/mol. The van der Waals surface area contributed by atoms with Gasteiger partial charge in [0.2, 0.25) is 0 Å². The van der Waals surface area contributed by atoms with Crippen molar-refractivity contribution in [1.82, 2.24) is 19.9 Å². The highest BCUT2D eigenvalue weighted by Gasteiger charge is 2.22. The van der Waals surface area contributed by atoms with Crippen molar-refractivity contribution in [2.24, 2.45) is 0 Å². The van der Waals surface area contributed by atoms with E-state index in [1.165, 1.54) is 22.3 Å². The molecule has 18 aromatic rings. The molecule has 15 aromatic carbocycles. The Hall–Kier alpha value is -14.3. The lowest BCUT2D eigenvalue weighted by atomic mass is 9.83. The van der Waals surface area contributed by atoms with Crippen LogP contribution in [0.2, 0.25) is 0 Å². The van der Waals surface area contributed by atoms with Gasteiger partial charge in [0.05, 0.1) is 11.4 Å². The third kappa shape index (κ3) is 13.7. The molecule has 108 heavy (non-hydrogen) atoms. The molecule has 0 saturated carbocycles. The van der Waals surface area contributed by atoms with Crippen LogP contribution in [0.25, 0.3) is 190 Å². The van der Waals surface area contributed by atoms with Gasteiger partial charge in [0.15, 0.2) is 5.82 Å². The topological polar surface area (TPSA) is 51.6 Å². The van der Waals surface area contributed by atoms with Crippen LogP contribution in [0.3, 0.4) is 0 Å². The van der Waals surface area contributed by atoms with Gasteiger partial charge >= 0.3 is 0 Å². The van der Waals surface area contributed by atoms with Crippen molar-refractivity contribution in [2.45, 2.75) is 0 Å². The molecule has 0 bridgehead atoms. The number of pyridine rings is 2. The molecule has 4 heteroatoms. The van der Waals surface area contributed by atoms with Crippen molar-refractivity contribution >= 4 is 0 Å². The molecular weight excluding hydrogens is 1310 g/mol. The lowest BCUT2D eigenvalue weighted by Crippen LogP contribution is -1.95. The first kappa shape index (κ1) is 65.7. The summed E-state index contributed by atoms with van der Waals surface area (Å²) in [4.78, 5) is 19.0. The van der Waals surface area contributed by atoms with Crippen LogP contribution in [0.1, 0.15) is 0 Å². The van der Waals surface area contributed by atoms with E-state index in [1.807, 2.05) is 30.6 Å². The van der Waals surface area contributed by atoms with Gasteiger partial charge in [-0.3, -0.25) is 9.97 Å². The van der Waals surface area contributed by atoms with Gasteiger partial charge in [-0.1, -0.05) is 291 Å². The van der Waals surface area contributed by atoms with Crippen molar-refractivity contribution in [3.63, 3.8) is 0 Å². The van der Waals surface area contributed by atoms with E-state index in [0.717, 1.165) is 162 Å². The summed E-state index contributed by atoms with van der Waals surface area (Å²) in [5.41, 5.74) is 36.2. The molecule has 0 N–H and O–H groups in total. The van der Waals surface area contributed by atoms with Gasteiger partial charge in [0.25, 0.3) is 0 Å². The molecule has 0 aliphatic carbocycles. The Morgan fingerprint density at radius 2 is 0.370 bits per heavy atom. The van der Waals surface area contributed by atoms with Gasteiger partial charge in [-0.25, -0.2) is 9.97 Å². The summed E-state index contributed by atoms with van der Waals surface area (Å²) in [7, 11) is 0. The number of benzene rings is 15. The zero-order valence-corrected chi connectivity index (χ0v) is 59.2. The minimum Gasteiger partial charge on any atom is -0.256 e. The van der Waals surface area contributed by atoms with Crippen molar-refractivity contribution < 1.29 is 0 Å². The van der Waals surface area contributed by atoms with Crippen molar-refractivity contribution in [1.29, 1.82) is 0 Å². The fraction of sp³-hybridized carbons (Fsp3) is 0. The zero-order chi connectivity index (χ0) is 72.0. The molecular formula is C104H70N4. The third-order valence-electron chi connectivity index (χ3n) is 20.5. The standard InChI is InChI=1S/C104H70N4/c1-5-26-71(27-6-1)83-60-84(72-28-7-2-8-29-72)63-87(62-83)77-34-23-36-79(58-77)100-69-81(102-44-19-21-54-105-102)50-52-98(100)96-42-17-15-40-94(96)90-66-89(93-39-14-13-38-92(93)75-46-48-76(49-47-75)104-107-56-25-57-108-104)67-91(68-90)95-41-16-18-43-97(95)99-53-51-82(103-45-20-22-55-106-103)70-101(99)80-37-24-35-78(59-80)88-64-85(73-30-9-3-10-31-73)61-86(65-88)74-32-11-4-12-33-74/h1-70H. The minimum atomic E-state index is 0.688. The third-order valence-corrected chi connectivity index (χ3v) is 20.5. The summed E-state index contributed by atoms with van der Waals surface area (Å²) in [6.07, 6.45) is 7.34. The quantitative estimate of drug-likeness (QED) is 0.0912. The molecule has 0 spiro atoms. The number of aromatic nitrogens is 4. The minimum absolute atomic E-state index is 0.688. The maximum Gasteiger partial charge on any atom is 0.159 e. The van der Waals surface area contributed by atoms with E-state index in [-0.39, 0.29) is 0 Å². The summed E-state index contributed by atoms with van der Waals surface area (Å²) in [5.74, 6) is 0.688. The molecule has 0 aliphatic heterocycles. The second-order valence-electron chi connectivity index (χ2n) is 27.3. The predicted molar refractivity (Wildman–Crippen MR) is 450 cm³/mol. The van der Waals surface area contributed by atoms with Gasteiger partial charge in [-0.05, 0) is 265 Å². The molecule has 0 aliphatic rings. The van der Waals surface area contributed by atoms with Crippen LogP contribution >= 0.6 is 0 Å². The number of nitrogens with zero attached hydrogens (tertiary/aromatic N) is 4. The SMILES string of the molecule is c1ccc(-c2cc(-c3ccccc3)cc(-c3cccc(-c4cc(-c5ccccn5)ccc4-c4ccccc4-c4cc(-c5ccccc5-c5ccc(-c6ncccn6)cc5)cc(-c5ccccc5-c5ccc(-c6ccccn6)cc5-c5cccc(-c6cc(-c7ccccc7)cc(-c7ccccc7)c6)c5)c4)c3)c2)cc1. The maximum absolute atomic E-state index is 4.92. The van der Waals surface area contributed by atoms with Gasteiger partial charge < -0.3 is 0 Å². The number of hydrogen-bond acceptors (Lipinski definition) is 4. The van der Waals surface area contributed by atoms with Crippen LogP contribution in [0.5, 0.6) is 0 Å². The maximum atomic E-state index is 4.92. The van der Waals surface area contributed by atoms with Gasteiger partial charge in [-0.2, -0.15) is 0 Å². The fourth-order valence-electron chi connectivity index (χ4n) is 15.2. The first-order valence-corrected chi connectivity index (χ1v) is 36.7. The molecule has 0 saturated heterocycles. The lowest BCUT2D eigenvalue weighted by molar-refractivity contribution is 1.18. The summed E-state index contributed by atoms with van der Waals surface area (Å²) >= 11 is 0. The molecule has 0 unspecified atom stereocenters. The smallest absolute Gasteiger partial charge is 0.159 e. The van der Waals surface area contributed by atoms with Crippen molar-refractivity contribution in [3.8, 4) is 190 Å². The Morgan fingerprint density at radius 1 is 0.111 bits per heavy atom. The largest absolute Gasteiger partial charge is 0.256 e. The Kier molecular flexibility index (Phi) is 18.1. The number of rotatable bonds is 17. The van der Waals surface area contributed by atoms with Crippen molar-refractivity contribution in [3.05, 3.63) is 425 Å². The predicted octanol–water partition coefficient (Wildman–Crippen LogP) is 27.6. The van der Waals surface area contributed by atoms with Crippen LogP contribution in [-0.4, -0.2) is 19.9 Å². The van der Waals surface area contributed by atoms with E-state index in [9.17, 15) is 0 Å². The molecule has 0 atom stereocenters. The number of hydrogen-bond donors (Lipinski definition) is 0. The summed E-state index contributed by atoms with van der Waals surface area (Å²) in [5, 5.41) is 0. The monoisotopic (exact) mass is 1370 g/mol. The fourth-order valence-corrected chi connectivity index (χ4v) is 15.2. The highest BCUT2D eigenvalue weighted by Crippen LogP contribution is 2.48. The Bertz CT molecular complexity index is 5810. The van der Waals surface area contributed by atoms with E-state index in [4.69, 9.17) is 9.97 Å². The van der Waals surface area contributed by atoms with Crippen LogP contribution in [0.15, 0.2) is 425 Å². The normalized spacial score (nSPS) is 11.1. The van der Waals surface area contributed by atoms with Crippen LogP contribution in [-0.2, 0) is 0 Å². The first-order valence-electron chi connectivity index (χ1n) is 36.7. The second-order valence-corrected chi connectivity index (χ2v) is 27.3. The lowest BCUT2D eigenvalue weighted by Gasteiger charge is -2.20. The summed E-state index contributed by atoms with van der Waals surface area (Å²) in [6.45, 7) is 0. The molecule has 3 aromatic heterocycles. The molecule has 0 radical (unpaired) electrons. The van der Waals surface area contributed by atoms with Gasteiger partial charge in [0, 0.05) is 41.5 Å². The average Bonchev–Trinajstić information content (AvgIpc) is 0.762. The van der Waals surface area contributed by atoms with Crippen molar-refractivity contribution in [2.75, 3.05) is 0 Å². The molecule has 3 heterocycles. The Balaban J connectivity index is 0.821. The highest BCUT2D eigenvalue weighted by atomic mass is 14.8. The van der Waals surface area contributed by atoms with E-state index in [0.29, 0.717) is 5.82 Å². The summed E-state index contributed by atoms with van der Waals surface area (Å²) < 4.78 is 0. The van der Waals surface area contributed by atoms with Crippen LogP contribution in [0.4, 0.5) is 0 Å². The van der Waals surface area contributed by atoms with Gasteiger partial charge in [0.1, 0.15) is 0 Å². The molecule has 18 rings (SSSR count). The Morgan fingerprint density at radius 3 is 0.741 bits per heavy atom. The van der Waals surface area contributed by atoms with E-state index in [1.54, 1.807) is 12.4 Å². The summed E-state index contributed by atoms with van der Waals surface area (Å²) in [6, 6.07) is 145. The Labute approximate surface area is 630 Å². The van der Waals surface area contributed by atoms with Crippen LogP contribution < -0.4 is 0 Å². The van der Waals surface area contributed by atoms with E-state index < -0.39 is 0 Å². The molecule has 0 fully saturated rings.